The summed E-state index contributed by atoms with van der Waals surface area (Å²) in [5.74, 6) is 0.191. The van der Waals surface area contributed by atoms with E-state index in [1.165, 1.54) is 7.11 Å². The maximum absolute atomic E-state index is 11.3. The molecule has 0 bridgehead atoms. The van der Waals surface area contributed by atoms with E-state index in [2.05, 4.69) is 4.98 Å². The zero-order chi connectivity index (χ0) is 8.97. The van der Waals surface area contributed by atoms with E-state index < -0.39 is 10.8 Å². The number of hydrogen-bond donors (Lipinski definition) is 0. The molecule has 0 aliphatic rings. The van der Waals surface area contributed by atoms with Gasteiger partial charge in [-0.3, -0.25) is 4.21 Å². The highest BCUT2D eigenvalue weighted by atomic mass is 127. The lowest BCUT2D eigenvalue weighted by Gasteiger charge is -1.96. The third-order valence-electron chi connectivity index (χ3n) is 1.28. The molecule has 0 aliphatic carbocycles. The van der Waals surface area contributed by atoms with Gasteiger partial charge in [-0.25, -0.2) is 9.55 Å². The Kier molecular flexibility index (Phi) is 6.35. The quantitative estimate of drug-likeness (QED) is 0.432. The van der Waals surface area contributed by atoms with Crippen molar-refractivity contribution < 1.29 is 37.5 Å². The largest absolute Gasteiger partial charge is 1.00 e. The summed E-state index contributed by atoms with van der Waals surface area (Å²) in [5, 5.41) is 0.543. The SMILES string of the molecule is COCS(=O)c1c[n+](C)ccn1.[I-]. The van der Waals surface area contributed by atoms with Crippen LogP contribution in [0, 0.1) is 0 Å². The van der Waals surface area contributed by atoms with Crippen molar-refractivity contribution >= 4 is 10.8 Å². The number of methoxy groups -OCH3 is 1. The predicted octanol–water partition coefficient (Wildman–Crippen LogP) is -3.38. The lowest BCUT2D eigenvalue weighted by molar-refractivity contribution is -0.674. The minimum atomic E-state index is -1.15. The maximum Gasteiger partial charge on any atom is 0.203 e. The van der Waals surface area contributed by atoms with Crippen molar-refractivity contribution in [1.82, 2.24) is 4.98 Å². The molecule has 1 atom stereocenters. The zero-order valence-electron chi connectivity index (χ0n) is 7.44. The molecule has 74 valence electrons. The highest BCUT2D eigenvalue weighted by Crippen LogP contribution is 1.97. The molecule has 1 unspecified atom stereocenters. The molecule has 0 saturated carbocycles. The van der Waals surface area contributed by atoms with Crippen LogP contribution in [0.3, 0.4) is 0 Å². The molecule has 0 fully saturated rings. The summed E-state index contributed by atoms with van der Waals surface area (Å²) in [6.07, 6.45) is 5.12. The molecule has 0 aliphatic heterocycles. The molecule has 6 heteroatoms. The average Bonchev–Trinajstić information content (AvgIpc) is 2.05. The van der Waals surface area contributed by atoms with E-state index >= 15 is 0 Å². The molecule has 1 heterocycles. The van der Waals surface area contributed by atoms with Gasteiger partial charge in [-0.05, 0) is 0 Å². The lowest BCUT2D eigenvalue weighted by atomic mass is 10.7. The van der Waals surface area contributed by atoms with E-state index in [1.807, 2.05) is 7.05 Å². The highest BCUT2D eigenvalue weighted by molar-refractivity contribution is 7.84. The van der Waals surface area contributed by atoms with Crippen LogP contribution in [0.25, 0.3) is 0 Å². The minimum Gasteiger partial charge on any atom is -1.00 e. The van der Waals surface area contributed by atoms with Gasteiger partial charge < -0.3 is 28.7 Å². The Labute approximate surface area is 96.8 Å². The van der Waals surface area contributed by atoms with E-state index in [-0.39, 0.29) is 29.9 Å². The number of ether oxygens (including phenoxy) is 1. The number of aryl methyl sites for hydroxylation is 1. The Bertz CT molecular complexity index is 296. The fourth-order valence-electron chi connectivity index (χ4n) is 0.748. The van der Waals surface area contributed by atoms with Crippen molar-refractivity contribution in [3.05, 3.63) is 18.6 Å². The Morgan fingerprint density at radius 2 is 2.38 bits per heavy atom. The first kappa shape index (κ1) is 12.9. The molecule has 0 aromatic carbocycles. The molecule has 1 aromatic rings. The second kappa shape index (κ2) is 6.39. The van der Waals surface area contributed by atoms with Gasteiger partial charge in [0.05, 0.1) is 6.20 Å². The molecule has 1 aromatic heterocycles. The van der Waals surface area contributed by atoms with Crippen LogP contribution in [0.15, 0.2) is 23.6 Å². The summed E-state index contributed by atoms with van der Waals surface area (Å²) < 4.78 is 17.9. The first-order valence-electron chi connectivity index (χ1n) is 3.42. The van der Waals surface area contributed by atoms with Gasteiger partial charge in [-0.2, -0.15) is 0 Å². The second-order valence-electron chi connectivity index (χ2n) is 2.31. The molecule has 0 amide bonds. The van der Waals surface area contributed by atoms with E-state index in [4.69, 9.17) is 4.74 Å². The Hall–Kier alpha value is -0.0800. The molecule has 1 rings (SSSR count). The minimum absolute atomic E-state index is 0. The van der Waals surface area contributed by atoms with Crippen molar-refractivity contribution in [3.63, 3.8) is 0 Å². The van der Waals surface area contributed by atoms with Crippen LogP contribution < -0.4 is 28.5 Å². The third kappa shape index (κ3) is 4.10. The summed E-state index contributed by atoms with van der Waals surface area (Å²) in [6.45, 7) is 0. The smallest absolute Gasteiger partial charge is 0.203 e. The average molecular weight is 314 g/mol. The van der Waals surface area contributed by atoms with Crippen molar-refractivity contribution in [2.24, 2.45) is 7.05 Å². The molecule has 0 saturated heterocycles. The lowest BCUT2D eigenvalue weighted by Crippen LogP contribution is -3.00. The fourth-order valence-corrected chi connectivity index (χ4v) is 1.54. The first-order chi connectivity index (χ1) is 5.74. The molecular weight excluding hydrogens is 303 g/mol. The van der Waals surface area contributed by atoms with Crippen molar-refractivity contribution in [3.8, 4) is 0 Å². The molecule has 0 spiro atoms. The number of rotatable bonds is 3. The normalized spacial score (nSPS) is 11.8. The standard InChI is InChI=1S/C7H11N2O2S.HI/c1-9-4-3-8-7(5-9)12(10)6-11-2;/h3-5H,6H2,1-2H3;1H/q+1;/p-1. The van der Waals surface area contributed by atoms with Crippen molar-refractivity contribution in [1.29, 1.82) is 0 Å². The summed E-state index contributed by atoms with van der Waals surface area (Å²) in [5.41, 5.74) is 0. The highest BCUT2D eigenvalue weighted by Gasteiger charge is 2.07. The van der Waals surface area contributed by atoms with Crippen LogP contribution in [0.5, 0.6) is 0 Å². The van der Waals surface area contributed by atoms with Crippen LogP contribution >= 0.6 is 0 Å². The predicted molar refractivity (Wildman–Crippen MR) is 43.7 cm³/mol. The van der Waals surface area contributed by atoms with Crippen LogP contribution in [-0.4, -0.2) is 22.2 Å². The van der Waals surface area contributed by atoms with Gasteiger partial charge in [0.15, 0.2) is 11.2 Å². The molecule has 0 radical (unpaired) electrons. The monoisotopic (exact) mass is 314 g/mol. The van der Waals surface area contributed by atoms with Crippen LogP contribution in [-0.2, 0) is 22.6 Å². The van der Waals surface area contributed by atoms with E-state index in [1.54, 1.807) is 23.2 Å². The summed E-state index contributed by atoms with van der Waals surface area (Å²) in [6, 6.07) is 0. The second-order valence-corrected chi connectivity index (χ2v) is 3.66. The Morgan fingerprint density at radius 1 is 1.69 bits per heavy atom. The van der Waals surface area contributed by atoms with E-state index in [9.17, 15) is 4.21 Å². The van der Waals surface area contributed by atoms with Gasteiger partial charge in [0.25, 0.3) is 0 Å². The van der Waals surface area contributed by atoms with Gasteiger partial charge in [0.1, 0.15) is 23.8 Å². The van der Waals surface area contributed by atoms with E-state index in [0.29, 0.717) is 5.03 Å². The summed E-state index contributed by atoms with van der Waals surface area (Å²) >= 11 is 0. The maximum atomic E-state index is 11.3. The summed E-state index contributed by atoms with van der Waals surface area (Å²) in [4.78, 5) is 3.96. The first-order valence-corrected chi connectivity index (χ1v) is 4.74. The molecule has 0 N–H and O–H groups in total. The fraction of sp³-hybridized carbons (Fsp3) is 0.429. The number of nitrogens with zero attached hydrogens (tertiary/aromatic N) is 2. The van der Waals surface area contributed by atoms with Crippen LogP contribution in [0.4, 0.5) is 0 Å². The number of halogens is 1. The van der Waals surface area contributed by atoms with E-state index in [0.717, 1.165) is 0 Å². The van der Waals surface area contributed by atoms with Gasteiger partial charge in [0.2, 0.25) is 6.20 Å². The van der Waals surface area contributed by atoms with Gasteiger partial charge in [-0.1, -0.05) is 0 Å². The summed E-state index contributed by atoms with van der Waals surface area (Å²) in [7, 11) is 2.22. The molecular formula is C7H11IN2O2S. The van der Waals surface area contributed by atoms with Crippen molar-refractivity contribution in [2.45, 2.75) is 5.03 Å². The molecule has 4 nitrogen and oxygen atoms in total. The number of aromatic nitrogens is 2. The zero-order valence-corrected chi connectivity index (χ0v) is 10.4. The van der Waals surface area contributed by atoms with Gasteiger partial charge >= 0.3 is 0 Å². The number of hydrogen-bond acceptors (Lipinski definition) is 3. The molecule has 13 heavy (non-hydrogen) atoms. The van der Waals surface area contributed by atoms with Crippen molar-refractivity contribution in [2.75, 3.05) is 13.0 Å². The van der Waals surface area contributed by atoms with Gasteiger partial charge in [0, 0.05) is 7.11 Å². The van der Waals surface area contributed by atoms with Gasteiger partial charge in [-0.15, -0.1) is 0 Å². The third-order valence-corrected chi connectivity index (χ3v) is 2.40. The Balaban J connectivity index is 0.00000144. The van der Waals surface area contributed by atoms with Crippen LogP contribution in [0.2, 0.25) is 0 Å². The van der Waals surface area contributed by atoms with Crippen LogP contribution in [0.1, 0.15) is 0 Å². The topological polar surface area (TPSA) is 43.1 Å². The Morgan fingerprint density at radius 3 is 2.92 bits per heavy atom.